The third-order valence-electron chi connectivity index (χ3n) is 2.65. The van der Waals surface area contributed by atoms with E-state index in [1.165, 1.54) is 0 Å². The number of amides is 2. The lowest BCUT2D eigenvalue weighted by atomic mass is 10.2. The summed E-state index contributed by atoms with van der Waals surface area (Å²) >= 11 is 0. The number of ether oxygens (including phenoxy) is 1. The number of nitrogens with zero attached hydrogens (tertiary/aromatic N) is 4. The maximum atomic E-state index is 11.9. The van der Waals surface area contributed by atoms with E-state index >= 15 is 0 Å². The van der Waals surface area contributed by atoms with Gasteiger partial charge in [-0.15, -0.1) is 0 Å². The standard InChI is InChI=1S/C13H19N5O3/c1-13(2,3)21-12(20)18-8-9(7-11(18)19)14-15-10-5-6-17(4)16-10/h5-6H,7-8H2,1-4H3,(H,15,16)/b14-9+. The van der Waals surface area contributed by atoms with E-state index in [1.54, 1.807) is 44.8 Å². The molecule has 0 radical (unpaired) electrons. The second-order valence-corrected chi connectivity index (χ2v) is 5.80. The van der Waals surface area contributed by atoms with Crippen LogP contribution in [0.1, 0.15) is 27.2 Å². The van der Waals surface area contributed by atoms with Gasteiger partial charge in [0.25, 0.3) is 0 Å². The van der Waals surface area contributed by atoms with Crippen molar-refractivity contribution in [2.75, 3.05) is 12.0 Å². The molecule has 2 heterocycles. The number of hydrogen-bond donors (Lipinski definition) is 1. The molecule has 8 nitrogen and oxygen atoms in total. The molecule has 1 N–H and O–H groups in total. The van der Waals surface area contributed by atoms with E-state index in [2.05, 4.69) is 15.6 Å². The smallest absolute Gasteiger partial charge is 0.417 e. The summed E-state index contributed by atoms with van der Waals surface area (Å²) in [6, 6.07) is 1.76. The van der Waals surface area contributed by atoms with Crippen LogP contribution in [0.25, 0.3) is 0 Å². The number of nitrogens with one attached hydrogen (secondary N) is 1. The minimum absolute atomic E-state index is 0.0963. The van der Waals surface area contributed by atoms with Crippen LogP contribution in [0.15, 0.2) is 17.4 Å². The van der Waals surface area contributed by atoms with Crippen LogP contribution in [0.4, 0.5) is 10.6 Å². The number of aromatic nitrogens is 2. The normalized spacial score (nSPS) is 17.4. The van der Waals surface area contributed by atoms with Gasteiger partial charge in [0.15, 0.2) is 5.82 Å². The Morgan fingerprint density at radius 1 is 1.48 bits per heavy atom. The Bertz CT molecular complexity index is 585. The van der Waals surface area contributed by atoms with Crippen LogP contribution in [0.3, 0.4) is 0 Å². The summed E-state index contributed by atoms with van der Waals surface area (Å²) in [6.45, 7) is 5.39. The Hall–Kier alpha value is -2.38. The van der Waals surface area contributed by atoms with E-state index in [9.17, 15) is 9.59 Å². The van der Waals surface area contributed by atoms with E-state index < -0.39 is 11.7 Å². The Morgan fingerprint density at radius 3 is 2.76 bits per heavy atom. The molecule has 0 bridgehead atoms. The zero-order valence-electron chi connectivity index (χ0n) is 12.6. The molecule has 0 saturated carbocycles. The first-order valence-corrected chi connectivity index (χ1v) is 6.59. The summed E-state index contributed by atoms with van der Waals surface area (Å²) in [5.41, 5.74) is 2.69. The fraction of sp³-hybridized carbons (Fsp3) is 0.538. The fourth-order valence-electron chi connectivity index (χ4n) is 1.77. The van der Waals surface area contributed by atoms with Crippen molar-refractivity contribution in [1.82, 2.24) is 14.7 Å². The minimum atomic E-state index is -0.643. The number of likely N-dealkylation sites (tertiary alicyclic amines) is 1. The first kappa shape index (κ1) is 15.0. The van der Waals surface area contributed by atoms with Crippen molar-refractivity contribution in [2.45, 2.75) is 32.8 Å². The number of aryl methyl sites for hydroxylation is 1. The predicted octanol–water partition coefficient (Wildman–Crippen LogP) is 1.36. The van der Waals surface area contributed by atoms with Gasteiger partial charge >= 0.3 is 6.09 Å². The van der Waals surface area contributed by atoms with Gasteiger partial charge in [-0.25, -0.2) is 9.69 Å². The Labute approximate surface area is 122 Å². The molecular weight excluding hydrogens is 274 g/mol. The molecule has 1 aliphatic rings. The van der Waals surface area contributed by atoms with Crippen LogP contribution in [0.2, 0.25) is 0 Å². The minimum Gasteiger partial charge on any atom is -0.443 e. The van der Waals surface area contributed by atoms with Gasteiger partial charge in [-0.3, -0.25) is 14.9 Å². The molecule has 21 heavy (non-hydrogen) atoms. The molecule has 1 aliphatic heterocycles. The van der Waals surface area contributed by atoms with E-state index in [0.717, 1.165) is 4.90 Å². The van der Waals surface area contributed by atoms with Crippen molar-refractivity contribution in [3.63, 3.8) is 0 Å². The summed E-state index contributed by atoms with van der Waals surface area (Å²) in [4.78, 5) is 24.8. The SMILES string of the molecule is Cn1ccc(N/N=C2\CC(=O)N(C(=O)OC(C)(C)C)C2)n1. The van der Waals surface area contributed by atoms with Crippen LogP contribution in [0, 0.1) is 0 Å². The number of anilines is 1. The van der Waals surface area contributed by atoms with Crippen LogP contribution in [-0.4, -0.2) is 44.5 Å². The largest absolute Gasteiger partial charge is 0.443 e. The molecule has 0 spiro atoms. The number of rotatable bonds is 2. The number of hydrazone groups is 1. The molecule has 0 aromatic carbocycles. The van der Waals surface area contributed by atoms with E-state index in [0.29, 0.717) is 11.5 Å². The maximum Gasteiger partial charge on any atom is 0.417 e. The number of hydrogen-bond acceptors (Lipinski definition) is 6. The van der Waals surface area contributed by atoms with Gasteiger partial charge < -0.3 is 4.74 Å². The van der Waals surface area contributed by atoms with Crippen LogP contribution in [0.5, 0.6) is 0 Å². The summed E-state index contributed by atoms with van der Waals surface area (Å²) in [5, 5.41) is 8.21. The van der Waals surface area contributed by atoms with E-state index in [-0.39, 0.29) is 18.9 Å². The van der Waals surface area contributed by atoms with Crippen molar-refractivity contribution in [3.8, 4) is 0 Å². The lowest BCUT2D eigenvalue weighted by Crippen LogP contribution is -2.37. The zero-order valence-corrected chi connectivity index (χ0v) is 12.6. The fourth-order valence-corrected chi connectivity index (χ4v) is 1.77. The molecule has 0 atom stereocenters. The Kier molecular flexibility index (Phi) is 3.97. The van der Waals surface area contributed by atoms with Gasteiger partial charge in [-0.1, -0.05) is 0 Å². The van der Waals surface area contributed by atoms with Crippen molar-refractivity contribution in [3.05, 3.63) is 12.3 Å². The summed E-state index contributed by atoms with van der Waals surface area (Å²) in [7, 11) is 1.79. The van der Waals surface area contributed by atoms with Crippen molar-refractivity contribution in [1.29, 1.82) is 0 Å². The molecule has 0 unspecified atom stereocenters. The molecule has 2 amide bonds. The van der Waals surface area contributed by atoms with Gasteiger partial charge in [0.2, 0.25) is 5.91 Å². The van der Waals surface area contributed by atoms with Crippen LogP contribution < -0.4 is 5.43 Å². The predicted molar refractivity (Wildman–Crippen MR) is 76.8 cm³/mol. The summed E-state index contributed by atoms with van der Waals surface area (Å²) in [6.07, 6.45) is 1.23. The number of imide groups is 1. The highest BCUT2D eigenvalue weighted by Crippen LogP contribution is 2.15. The lowest BCUT2D eigenvalue weighted by molar-refractivity contribution is -0.126. The van der Waals surface area contributed by atoms with Gasteiger partial charge in [0, 0.05) is 19.3 Å². The Balaban J connectivity index is 1.97. The third-order valence-corrected chi connectivity index (χ3v) is 2.65. The van der Waals surface area contributed by atoms with Gasteiger partial charge in [-0.2, -0.15) is 10.2 Å². The molecule has 1 aromatic heterocycles. The molecule has 2 rings (SSSR count). The van der Waals surface area contributed by atoms with Crippen molar-refractivity contribution < 1.29 is 14.3 Å². The van der Waals surface area contributed by atoms with E-state index in [1.807, 2.05) is 0 Å². The summed E-state index contributed by atoms with van der Waals surface area (Å²) < 4.78 is 6.82. The highest BCUT2D eigenvalue weighted by atomic mass is 16.6. The maximum absolute atomic E-state index is 11.9. The topological polar surface area (TPSA) is 88.8 Å². The molecule has 0 aliphatic carbocycles. The highest BCUT2D eigenvalue weighted by molar-refractivity contribution is 6.13. The molecule has 8 heteroatoms. The highest BCUT2D eigenvalue weighted by Gasteiger charge is 2.34. The quantitative estimate of drug-likeness (QED) is 0.832. The summed E-state index contributed by atoms with van der Waals surface area (Å²) in [5.74, 6) is 0.263. The second-order valence-electron chi connectivity index (χ2n) is 5.80. The first-order chi connectivity index (χ1) is 9.74. The first-order valence-electron chi connectivity index (χ1n) is 6.59. The van der Waals surface area contributed by atoms with Gasteiger partial charge in [-0.05, 0) is 20.8 Å². The molecule has 114 valence electrons. The van der Waals surface area contributed by atoms with Gasteiger partial charge in [0.05, 0.1) is 18.7 Å². The van der Waals surface area contributed by atoms with Crippen LogP contribution in [-0.2, 0) is 16.6 Å². The zero-order chi connectivity index (χ0) is 15.6. The Morgan fingerprint density at radius 2 is 2.19 bits per heavy atom. The number of carbonyl (C=O) groups excluding carboxylic acids is 2. The second kappa shape index (κ2) is 5.55. The monoisotopic (exact) mass is 293 g/mol. The van der Waals surface area contributed by atoms with Gasteiger partial charge in [0.1, 0.15) is 5.60 Å². The van der Waals surface area contributed by atoms with E-state index in [4.69, 9.17) is 4.74 Å². The average Bonchev–Trinajstić information content (AvgIpc) is 2.91. The van der Waals surface area contributed by atoms with Crippen molar-refractivity contribution >= 4 is 23.5 Å². The lowest BCUT2D eigenvalue weighted by Gasteiger charge is -2.22. The average molecular weight is 293 g/mol. The van der Waals surface area contributed by atoms with Crippen molar-refractivity contribution in [2.24, 2.45) is 12.1 Å². The molecular formula is C13H19N5O3. The number of carbonyl (C=O) groups is 2. The molecule has 1 fully saturated rings. The van der Waals surface area contributed by atoms with Crippen LogP contribution >= 0.6 is 0 Å². The molecule has 1 saturated heterocycles. The third kappa shape index (κ3) is 4.04. The molecule has 1 aromatic rings.